The average molecular weight is 534 g/mol. The second kappa shape index (κ2) is 11.8. The van der Waals surface area contributed by atoms with E-state index in [9.17, 15) is 14.3 Å². The minimum absolute atomic E-state index is 0.0175. The standard InChI is InChI=1S/C31H36FNO4Si/c1-21-29(36-2)13-12-28(23-6-8-24(32)9-7-23)31(21)33-16-14-22(15-17-33)19-37-25-4-3-5-27(18-25)38(20-30(34)35)26-10-11-26/h3-9,12-13,18,21-22,29H,10-11,14-17,19-20H2,1-2H3,(H,34,35). The zero-order chi connectivity index (χ0) is 26.6. The second-order valence-electron chi connectivity index (χ2n) is 10.6. The van der Waals surface area contributed by atoms with E-state index < -0.39 is 14.4 Å². The zero-order valence-corrected chi connectivity index (χ0v) is 23.2. The molecule has 7 heteroatoms. The Balaban J connectivity index is 1.24. The van der Waals surface area contributed by atoms with Crippen LogP contribution >= 0.6 is 0 Å². The van der Waals surface area contributed by atoms with Crippen molar-refractivity contribution in [3.63, 3.8) is 0 Å². The van der Waals surface area contributed by atoms with Crippen LogP contribution in [0.2, 0.25) is 6.04 Å². The number of rotatable bonds is 9. The summed E-state index contributed by atoms with van der Waals surface area (Å²) in [7, 11) is 0.585. The number of carbonyl (C=O) groups is 1. The number of allylic oxidation sites excluding steroid dienone is 2. The molecule has 0 aromatic heterocycles. The number of hydrogen-bond acceptors (Lipinski definition) is 4. The van der Waals surface area contributed by atoms with E-state index in [2.05, 4.69) is 36.1 Å². The summed E-state index contributed by atoms with van der Waals surface area (Å²) >= 11 is 0. The molecule has 0 radical (unpaired) electrons. The van der Waals surface area contributed by atoms with Crippen molar-refractivity contribution < 1.29 is 23.8 Å². The van der Waals surface area contributed by atoms with Crippen LogP contribution in [0, 0.1) is 17.7 Å². The Labute approximate surface area is 225 Å². The van der Waals surface area contributed by atoms with Crippen molar-refractivity contribution in [2.45, 2.75) is 44.8 Å². The summed E-state index contributed by atoms with van der Waals surface area (Å²) < 4.78 is 25.6. The molecule has 0 bridgehead atoms. The third-order valence-electron chi connectivity index (χ3n) is 7.96. The molecule has 2 aromatic rings. The first kappa shape index (κ1) is 26.6. The lowest BCUT2D eigenvalue weighted by Crippen LogP contribution is -2.40. The molecule has 2 atom stereocenters. The van der Waals surface area contributed by atoms with Crippen molar-refractivity contribution in [2.75, 3.05) is 26.8 Å². The van der Waals surface area contributed by atoms with Crippen LogP contribution in [-0.2, 0) is 9.53 Å². The van der Waals surface area contributed by atoms with Crippen LogP contribution in [0.3, 0.4) is 0 Å². The Morgan fingerprint density at radius 2 is 1.87 bits per heavy atom. The van der Waals surface area contributed by atoms with Crippen LogP contribution in [0.25, 0.3) is 5.57 Å². The van der Waals surface area contributed by atoms with Gasteiger partial charge in [-0.2, -0.15) is 0 Å². The first-order chi connectivity index (χ1) is 18.4. The number of piperidine rings is 1. The Morgan fingerprint density at radius 1 is 1.13 bits per heavy atom. The number of ether oxygens (including phenoxy) is 2. The molecule has 2 aliphatic carbocycles. The number of likely N-dealkylation sites (tertiary alicyclic amines) is 1. The van der Waals surface area contributed by atoms with Gasteiger partial charge < -0.3 is 19.5 Å². The molecule has 38 heavy (non-hydrogen) atoms. The van der Waals surface area contributed by atoms with E-state index in [1.165, 1.54) is 23.0 Å². The third kappa shape index (κ3) is 6.16. The van der Waals surface area contributed by atoms with Crippen molar-refractivity contribution in [3.05, 3.63) is 77.8 Å². The fourth-order valence-corrected chi connectivity index (χ4v) is 8.24. The van der Waals surface area contributed by atoms with Gasteiger partial charge in [0.1, 0.15) is 11.6 Å². The van der Waals surface area contributed by atoms with Gasteiger partial charge in [-0.3, -0.25) is 4.79 Å². The van der Waals surface area contributed by atoms with Crippen LogP contribution in [0.15, 0.2) is 66.4 Å². The lowest BCUT2D eigenvalue weighted by Gasteiger charge is -2.41. The molecule has 200 valence electrons. The normalized spacial score (nSPS) is 21.6. The topological polar surface area (TPSA) is 59.0 Å². The number of carboxylic acids is 1. The smallest absolute Gasteiger partial charge is 0.304 e. The molecule has 1 heterocycles. The van der Waals surface area contributed by atoms with E-state index in [1.54, 1.807) is 7.11 Å². The highest BCUT2D eigenvalue weighted by molar-refractivity contribution is 6.86. The van der Waals surface area contributed by atoms with E-state index in [0.717, 1.165) is 60.8 Å². The van der Waals surface area contributed by atoms with Gasteiger partial charge >= 0.3 is 5.97 Å². The molecule has 0 spiro atoms. The van der Waals surface area contributed by atoms with Crippen LogP contribution in [-0.4, -0.2) is 62.5 Å². The maximum Gasteiger partial charge on any atom is 0.304 e. The molecular weight excluding hydrogens is 497 g/mol. The van der Waals surface area contributed by atoms with Gasteiger partial charge in [-0.05, 0) is 66.6 Å². The summed E-state index contributed by atoms with van der Waals surface area (Å²) in [6.45, 7) is 4.74. The molecule has 2 aromatic carbocycles. The van der Waals surface area contributed by atoms with Gasteiger partial charge in [0.05, 0.1) is 27.2 Å². The first-order valence-electron chi connectivity index (χ1n) is 13.5. The minimum Gasteiger partial charge on any atom is -0.493 e. The van der Waals surface area contributed by atoms with Crippen molar-refractivity contribution >= 4 is 30.3 Å². The van der Waals surface area contributed by atoms with Gasteiger partial charge in [-0.25, -0.2) is 4.39 Å². The number of hydrogen-bond donors (Lipinski definition) is 1. The van der Waals surface area contributed by atoms with Gasteiger partial charge in [0.2, 0.25) is 0 Å². The van der Waals surface area contributed by atoms with E-state index in [0.29, 0.717) is 12.5 Å². The number of carboxylic acid groups (broad SMARTS) is 1. The minimum atomic E-state index is -1.16. The molecule has 1 N–H and O–H groups in total. The maximum absolute atomic E-state index is 13.6. The number of aliphatic carboxylic acids is 1. The van der Waals surface area contributed by atoms with Crippen molar-refractivity contribution in [1.29, 1.82) is 0 Å². The highest BCUT2D eigenvalue weighted by atomic mass is 28.2. The predicted octanol–water partition coefficient (Wildman–Crippen LogP) is 4.88. The summed E-state index contributed by atoms with van der Waals surface area (Å²) in [5, 5.41) is 11.9. The first-order valence-corrected chi connectivity index (χ1v) is 15.3. The Kier molecular flexibility index (Phi) is 8.24. The summed E-state index contributed by atoms with van der Waals surface area (Å²) in [6, 6.07) is 15.1. The molecule has 3 aliphatic rings. The van der Waals surface area contributed by atoms with E-state index in [1.807, 2.05) is 24.3 Å². The van der Waals surface area contributed by atoms with Gasteiger partial charge in [0.25, 0.3) is 0 Å². The number of halogens is 1. The average Bonchev–Trinajstić information content (AvgIpc) is 3.77. The Hall–Kier alpha value is -3.03. The lowest BCUT2D eigenvalue weighted by atomic mass is 9.85. The summed E-state index contributed by atoms with van der Waals surface area (Å²) in [5.74, 6) is 0.559. The number of benzene rings is 2. The van der Waals surface area contributed by atoms with Crippen LogP contribution in [0.4, 0.5) is 4.39 Å². The SMILES string of the molecule is COC1C=CC(c2ccc(F)cc2)=C(N2CCC(COc3cccc([Si](CC(=O)O)=C4CC4)c3)CC2)C1C. The van der Waals surface area contributed by atoms with Crippen LogP contribution in [0.1, 0.15) is 38.2 Å². The van der Waals surface area contributed by atoms with E-state index >= 15 is 0 Å². The van der Waals surface area contributed by atoms with Crippen molar-refractivity contribution in [2.24, 2.45) is 11.8 Å². The summed E-state index contributed by atoms with van der Waals surface area (Å²) in [4.78, 5) is 13.9. The highest BCUT2D eigenvalue weighted by Gasteiger charge is 2.31. The fourth-order valence-electron chi connectivity index (χ4n) is 5.73. The van der Waals surface area contributed by atoms with Crippen LogP contribution < -0.4 is 9.92 Å². The highest BCUT2D eigenvalue weighted by Crippen LogP contribution is 2.37. The van der Waals surface area contributed by atoms with Crippen molar-refractivity contribution in [3.8, 4) is 5.75 Å². The van der Waals surface area contributed by atoms with Gasteiger partial charge in [-0.1, -0.05) is 48.5 Å². The summed E-state index contributed by atoms with van der Waals surface area (Å²) in [6.07, 6.45) is 8.45. The van der Waals surface area contributed by atoms with Gasteiger partial charge in [0, 0.05) is 37.4 Å². The van der Waals surface area contributed by atoms with Crippen molar-refractivity contribution in [1.82, 2.24) is 4.90 Å². The number of methoxy groups -OCH3 is 1. The van der Waals surface area contributed by atoms with Gasteiger partial charge in [0.15, 0.2) is 0 Å². The lowest BCUT2D eigenvalue weighted by molar-refractivity contribution is -0.134. The van der Waals surface area contributed by atoms with E-state index in [-0.39, 0.29) is 23.9 Å². The molecule has 5 rings (SSSR count). The van der Waals surface area contributed by atoms with Gasteiger partial charge in [-0.15, -0.1) is 0 Å². The maximum atomic E-state index is 13.6. The Morgan fingerprint density at radius 3 is 2.53 bits per heavy atom. The largest absolute Gasteiger partial charge is 0.493 e. The molecule has 0 amide bonds. The quantitative estimate of drug-likeness (QED) is 0.466. The molecule has 2 unspecified atom stereocenters. The second-order valence-corrected chi connectivity index (χ2v) is 13.2. The molecule has 2 fully saturated rings. The van der Waals surface area contributed by atoms with Crippen LogP contribution in [0.5, 0.6) is 5.75 Å². The Bertz CT molecular complexity index is 1250. The fraction of sp³-hybridized carbons (Fsp3) is 0.419. The van der Waals surface area contributed by atoms with E-state index in [4.69, 9.17) is 9.47 Å². The molecule has 5 nitrogen and oxygen atoms in total. The third-order valence-corrected chi connectivity index (χ3v) is 11.0. The number of nitrogens with zero attached hydrogens (tertiary/aromatic N) is 1. The monoisotopic (exact) mass is 533 g/mol. The molecular formula is C31H36FNO4Si. The zero-order valence-electron chi connectivity index (χ0n) is 22.2. The molecule has 1 saturated carbocycles. The summed E-state index contributed by atoms with van der Waals surface area (Å²) in [5.41, 5.74) is 3.44. The molecule has 1 aliphatic heterocycles. The molecule has 1 saturated heterocycles. The predicted molar refractivity (Wildman–Crippen MR) is 151 cm³/mol.